The van der Waals surface area contributed by atoms with E-state index < -0.39 is 10.0 Å². The molecule has 0 bridgehead atoms. The van der Waals surface area contributed by atoms with Crippen molar-refractivity contribution in [3.05, 3.63) is 23.2 Å². The fourth-order valence-corrected chi connectivity index (χ4v) is 2.35. The van der Waals surface area contributed by atoms with Crippen LogP contribution in [0.1, 0.15) is 12.8 Å². The number of sulfonamides is 1. The van der Waals surface area contributed by atoms with Crippen LogP contribution in [-0.4, -0.2) is 21.2 Å². The molecule has 2 rings (SSSR count). The lowest BCUT2D eigenvalue weighted by molar-refractivity contribution is 0.607. The number of benzene rings is 1. The van der Waals surface area contributed by atoms with Crippen LogP contribution in [0.5, 0.6) is 0 Å². The predicted molar refractivity (Wildman–Crippen MR) is 71.1 cm³/mol. The Morgan fingerprint density at radius 1 is 1.41 bits per heavy atom. The van der Waals surface area contributed by atoms with Gasteiger partial charge in [0.25, 0.3) is 0 Å². The lowest BCUT2D eigenvalue weighted by atomic mass is 10.2. The molecule has 1 aliphatic carbocycles. The topological polar surface area (TPSA) is 58.2 Å². The van der Waals surface area contributed by atoms with Gasteiger partial charge in [-0.15, -0.1) is 0 Å². The van der Waals surface area contributed by atoms with Crippen LogP contribution in [0.4, 0.5) is 11.4 Å². The summed E-state index contributed by atoms with van der Waals surface area (Å²) < 4.78 is 24.5. The summed E-state index contributed by atoms with van der Waals surface area (Å²) in [6, 6.07) is 5.22. The zero-order chi connectivity index (χ0) is 12.5. The van der Waals surface area contributed by atoms with Gasteiger partial charge >= 0.3 is 0 Å². The zero-order valence-electron chi connectivity index (χ0n) is 9.53. The molecule has 4 nitrogen and oxygen atoms in total. The van der Waals surface area contributed by atoms with E-state index in [9.17, 15) is 8.42 Å². The standard InChI is InChI=1S/C11H15ClN2O2S/c1-17(15,16)14-11-5-4-9(6-10(11)12)13-7-8-2-3-8/h4-6,8,13-14H,2-3,7H2,1H3. The van der Waals surface area contributed by atoms with Crippen molar-refractivity contribution in [2.24, 2.45) is 5.92 Å². The number of halogens is 1. The maximum atomic E-state index is 11.1. The van der Waals surface area contributed by atoms with Gasteiger partial charge in [0.05, 0.1) is 17.0 Å². The highest BCUT2D eigenvalue weighted by atomic mass is 35.5. The monoisotopic (exact) mass is 274 g/mol. The molecule has 1 aromatic rings. The van der Waals surface area contributed by atoms with E-state index in [1.165, 1.54) is 12.8 Å². The maximum Gasteiger partial charge on any atom is 0.229 e. The van der Waals surface area contributed by atoms with Crippen molar-refractivity contribution in [3.63, 3.8) is 0 Å². The maximum absolute atomic E-state index is 11.1. The summed E-state index contributed by atoms with van der Waals surface area (Å²) >= 11 is 6.00. The highest BCUT2D eigenvalue weighted by molar-refractivity contribution is 7.92. The minimum absolute atomic E-state index is 0.399. The van der Waals surface area contributed by atoms with E-state index >= 15 is 0 Å². The molecule has 1 aromatic carbocycles. The Bertz CT molecular complexity index is 512. The Morgan fingerprint density at radius 3 is 2.65 bits per heavy atom. The van der Waals surface area contributed by atoms with Gasteiger partial charge in [-0.25, -0.2) is 8.42 Å². The molecule has 6 heteroatoms. The molecule has 2 N–H and O–H groups in total. The van der Waals surface area contributed by atoms with E-state index in [4.69, 9.17) is 11.6 Å². The smallest absolute Gasteiger partial charge is 0.229 e. The summed E-state index contributed by atoms with van der Waals surface area (Å²) in [6.45, 7) is 0.954. The van der Waals surface area contributed by atoms with E-state index in [1.807, 2.05) is 6.07 Å². The molecule has 0 spiro atoms. The summed E-state index contributed by atoms with van der Waals surface area (Å²) in [7, 11) is -3.28. The molecular weight excluding hydrogens is 260 g/mol. The minimum atomic E-state index is -3.28. The van der Waals surface area contributed by atoms with E-state index in [2.05, 4.69) is 10.0 Å². The van der Waals surface area contributed by atoms with Crippen molar-refractivity contribution in [2.45, 2.75) is 12.8 Å². The van der Waals surface area contributed by atoms with Crippen molar-refractivity contribution in [1.82, 2.24) is 0 Å². The molecule has 0 aliphatic heterocycles. The number of hydrogen-bond acceptors (Lipinski definition) is 3. The van der Waals surface area contributed by atoms with Gasteiger partial charge < -0.3 is 5.32 Å². The second kappa shape index (κ2) is 4.74. The zero-order valence-corrected chi connectivity index (χ0v) is 11.1. The largest absolute Gasteiger partial charge is 0.385 e. The van der Waals surface area contributed by atoms with Gasteiger partial charge in [0.1, 0.15) is 0 Å². The third kappa shape index (κ3) is 4.09. The van der Waals surface area contributed by atoms with Crippen molar-refractivity contribution >= 4 is 33.0 Å². The fourth-order valence-electron chi connectivity index (χ4n) is 1.49. The average molecular weight is 275 g/mol. The molecule has 1 aliphatic rings. The van der Waals surface area contributed by atoms with Gasteiger partial charge in [0.15, 0.2) is 0 Å². The molecule has 1 fully saturated rings. The van der Waals surface area contributed by atoms with Gasteiger partial charge in [-0.2, -0.15) is 0 Å². The van der Waals surface area contributed by atoms with Gasteiger partial charge in [-0.1, -0.05) is 11.6 Å². The Labute approximate surface area is 106 Å². The molecule has 17 heavy (non-hydrogen) atoms. The van der Waals surface area contributed by atoms with E-state index in [1.54, 1.807) is 12.1 Å². The predicted octanol–water partition coefficient (Wildman–Crippen LogP) is 2.53. The summed E-state index contributed by atoms with van der Waals surface area (Å²) in [4.78, 5) is 0. The molecule has 0 heterocycles. The second-order valence-electron chi connectivity index (χ2n) is 4.39. The number of hydrogen-bond donors (Lipinski definition) is 2. The summed E-state index contributed by atoms with van der Waals surface area (Å²) in [5.74, 6) is 0.780. The first-order chi connectivity index (χ1) is 7.94. The lowest BCUT2D eigenvalue weighted by Gasteiger charge is -2.09. The van der Waals surface area contributed by atoms with E-state index in [0.29, 0.717) is 10.7 Å². The molecule has 0 amide bonds. The normalized spacial score (nSPS) is 15.6. The summed E-state index contributed by atoms with van der Waals surface area (Å²) in [6.07, 6.45) is 3.67. The van der Waals surface area contributed by atoms with Gasteiger partial charge in [-0.3, -0.25) is 4.72 Å². The Hall–Kier alpha value is -0.940. The van der Waals surface area contributed by atoms with Crippen LogP contribution < -0.4 is 10.0 Å². The summed E-state index contributed by atoms with van der Waals surface area (Å²) in [5, 5.41) is 3.68. The molecule has 0 aromatic heterocycles. The highest BCUT2D eigenvalue weighted by Gasteiger charge is 2.20. The molecule has 0 saturated heterocycles. The molecule has 0 unspecified atom stereocenters. The SMILES string of the molecule is CS(=O)(=O)Nc1ccc(NCC2CC2)cc1Cl. The molecular formula is C11H15ClN2O2S. The lowest BCUT2D eigenvalue weighted by Crippen LogP contribution is -2.10. The molecule has 94 valence electrons. The van der Waals surface area contributed by atoms with Crippen LogP contribution in [-0.2, 0) is 10.0 Å². The van der Waals surface area contributed by atoms with Gasteiger partial charge in [0.2, 0.25) is 10.0 Å². The molecule has 0 radical (unpaired) electrons. The van der Waals surface area contributed by atoms with Crippen LogP contribution in [0.3, 0.4) is 0 Å². The first kappa shape index (κ1) is 12.5. The van der Waals surface area contributed by atoms with Crippen molar-refractivity contribution in [1.29, 1.82) is 0 Å². The molecule has 0 atom stereocenters. The van der Waals surface area contributed by atoms with Crippen molar-refractivity contribution < 1.29 is 8.42 Å². The van der Waals surface area contributed by atoms with Crippen LogP contribution >= 0.6 is 11.6 Å². The Morgan fingerprint density at radius 2 is 2.12 bits per heavy atom. The van der Waals surface area contributed by atoms with E-state index in [-0.39, 0.29) is 0 Å². The third-order valence-electron chi connectivity index (χ3n) is 2.56. The number of rotatable bonds is 5. The fraction of sp³-hybridized carbons (Fsp3) is 0.455. The average Bonchev–Trinajstić information content (AvgIpc) is 3.00. The first-order valence-corrected chi connectivity index (χ1v) is 7.72. The van der Waals surface area contributed by atoms with Crippen LogP contribution in [0.15, 0.2) is 18.2 Å². The number of anilines is 2. The van der Waals surface area contributed by atoms with Crippen LogP contribution in [0.25, 0.3) is 0 Å². The molecule has 1 saturated carbocycles. The van der Waals surface area contributed by atoms with Crippen LogP contribution in [0, 0.1) is 5.92 Å². The van der Waals surface area contributed by atoms with E-state index in [0.717, 1.165) is 24.4 Å². The van der Waals surface area contributed by atoms with Gasteiger partial charge in [-0.05, 0) is 37.0 Å². The Balaban J connectivity index is 2.04. The minimum Gasteiger partial charge on any atom is -0.385 e. The van der Waals surface area contributed by atoms with Crippen molar-refractivity contribution in [2.75, 3.05) is 22.8 Å². The second-order valence-corrected chi connectivity index (χ2v) is 6.55. The Kier molecular flexibility index (Phi) is 3.49. The first-order valence-electron chi connectivity index (χ1n) is 5.45. The highest BCUT2D eigenvalue weighted by Crippen LogP contribution is 2.30. The van der Waals surface area contributed by atoms with Crippen molar-refractivity contribution in [3.8, 4) is 0 Å². The third-order valence-corrected chi connectivity index (χ3v) is 3.46. The summed E-state index contributed by atoms with van der Waals surface area (Å²) in [5.41, 5.74) is 1.33. The number of nitrogens with one attached hydrogen (secondary N) is 2. The quantitative estimate of drug-likeness (QED) is 0.867. The van der Waals surface area contributed by atoms with Crippen LogP contribution in [0.2, 0.25) is 5.02 Å². The van der Waals surface area contributed by atoms with Gasteiger partial charge in [0, 0.05) is 12.2 Å².